The fourth-order valence-electron chi connectivity index (χ4n) is 3.62. The highest BCUT2D eigenvalue weighted by atomic mass is 16.8. The van der Waals surface area contributed by atoms with Gasteiger partial charge in [0, 0.05) is 12.8 Å². The number of carbonyl (C=O) groups excluding carboxylic acids is 1. The van der Waals surface area contributed by atoms with Crippen LogP contribution in [0.2, 0.25) is 0 Å². The Morgan fingerprint density at radius 3 is 2.74 bits per heavy atom. The highest BCUT2D eigenvalue weighted by Crippen LogP contribution is 2.43. The molecule has 4 unspecified atom stereocenters. The zero-order chi connectivity index (χ0) is 19.3. The Labute approximate surface area is 154 Å². The van der Waals surface area contributed by atoms with E-state index in [1.165, 1.54) is 10.9 Å². The Balaban J connectivity index is 1.85. The molecule has 0 radical (unpaired) electrons. The molecule has 27 heavy (non-hydrogen) atoms. The second kappa shape index (κ2) is 6.32. The zero-order valence-corrected chi connectivity index (χ0v) is 15.5. The number of hydrogen-bond donors (Lipinski definition) is 0. The lowest BCUT2D eigenvalue weighted by Crippen LogP contribution is -2.30. The molecule has 0 N–H and O–H groups in total. The van der Waals surface area contributed by atoms with Crippen LogP contribution in [0.4, 0.5) is 5.95 Å². The lowest BCUT2D eigenvalue weighted by atomic mass is 10.1. The van der Waals surface area contributed by atoms with E-state index in [1.807, 2.05) is 6.92 Å². The summed E-state index contributed by atoms with van der Waals surface area (Å²) in [6, 6.07) is 0. The molecule has 0 aromatic carbocycles. The summed E-state index contributed by atoms with van der Waals surface area (Å²) in [4.78, 5) is 37.1. The molecule has 0 saturated carbocycles. The van der Waals surface area contributed by atoms with Crippen molar-refractivity contribution in [1.82, 2.24) is 19.1 Å². The molecule has 0 aliphatic carbocycles. The third-order valence-corrected chi connectivity index (χ3v) is 4.70. The summed E-state index contributed by atoms with van der Waals surface area (Å²) in [5, 5.41) is 0. The molecule has 2 aliphatic rings. The molecular weight excluding hydrogens is 354 g/mol. The van der Waals surface area contributed by atoms with E-state index in [-0.39, 0.29) is 17.0 Å². The van der Waals surface area contributed by atoms with Gasteiger partial charge in [-0.2, -0.15) is 4.98 Å². The van der Waals surface area contributed by atoms with E-state index in [0.29, 0.717) is 18.5 Å². The normalized spacial score (nSPS) is 29.6. The van der Waals surface area contributed by atoms with Crippen molar-refractivity contribution >= 4 is 29.6 Å². The highest BCUT2D eigenvalue weighted by molar-refractivity contribution is 5.72. The van der Waals surface area contributed by atoms with E-state index in [0.717, 1.165) is 0 Å². The number of aromatic nitrogens is 4. The van der Waals surface area contributed by atoms with Crippen molar-refractivity contribution in [2.45, 2.75) is 64.6 Å². The number of aldehydes is 1. The van der Waals surface area contributed by atoms with Gasteiger partial charge in [-0.25, -0.2) is 9.98 Å². The number of aliphatic imine (C=N–C) groups is 1. The van der Waals surface area contributed by atoms with E-state index >= 15 is 0 Å². The lowest BCUT2D eigenvalue weighted by Gasteiger charge is -2.23. The van der Waals surface area contributed by atoms with Crippen molar-refractivity contribution in [3.05, 3.63) is 16.7 Å². The first-order valence-corrected chi connectivity index (χ1v) is 8.82. The second-order valence-electron chi connectivity index (χ2n) is 6.86. The molecule has 144 valence electrons. The van der Waals surface area contributed by atoms with E-state index in [1.54, 1.807) is 31.6 Å². The van der Waals surface area contributed by atoms with Crippen LogP contribution >= 0.6 is 0 Å². The van der Waals surface area contributed by atoms with Crippen LogP contribution in [0.15, 0.2) is 16.1 Å². The summed E-state index contributed by atoms with van der Waals surface area (Å²) in [6.07, 6.45) is 1.21. The quantitative estimate of drug-likeness (QED) is 0.578. The average Bonchev–Trinajstić information content (AvgIpc) is 3.26. The van der Waals surface area contributed by atoms with Gasteiger partial charge < -0.3 is 19.0 Å². The molecule has 2 aromatic heterocycles. The number of rotatable bonds is 4. The van der Waals surface area contributed by atoms with Gasteiger partial charge >= 0.3 is 0 Å². The highest BCUT2D eigenvalue weighted by Gasteiger charge is 2.56. The van der Waals surface area contributed by atoms with Crippen LogP contribution in [0.25, 0.3) is 11.2 Å². The summed E-state index contributed by atoms with van der Waals surface area (Å²) in [6.45, 7) is 7.57. The van der Waals surface area contributed by atoms with Crippen LogP contribution in [-0.4, -0.2) is 55.7 Å². The van der Waals surface area contributed by atoms with Crippen LogP contribution in [0.1, 0.15) is 33.9 Å². The number of carbonyl (C=O) groups is 1. The number of imidazole rings is 1. The van der Waals surface area contributed by atoms with Crippen molar-refractivity contribution in [2.24, 2.45) is 4.99 Å². The largest absolute Gasteiger partial charge is 0.341 e. The Bertz CT molecular complexity index is 978. The molecule has 10 nitrogen and oxygen atoms in total. The first-order valence-electron chi connectivity index (χ1n) is 8.82. The minimum Gasteiger partial charge on any atom is -0.341 e. The zero-order valence-electron chi connectivity index (χ0n) is 15.5. The number of fused-ring (bicyclic) bond motifs is 2. The summed E-state index contributed by atoms with van der Waals surface area (Å²) in [7, 11) is 0. The van der Waals surface area contributed by atoms with Crippen LogP contribution in [0.5, 0.6) is 0 Å². The molecule has 10 heteroatoms. The summed E-state index contributed by atoms with van der Waals surface area (Å²) in [5.41, 5.74) is 0.251. The van der Waals surface area contributed by atoms with Crippen molar-refractivity contribution in [3.63, 3.8) is 0 Å². The smallest absolute Gasteiger partial charge is 0.283 e. The van der Waals surface area contributed by atoms with Gasteiger partial charge in [0.25, 0.3) is 5.56 Å². The Hall–Kier alpha value is -2.43. The van der Waals surface area contributed by atoms with Gasteiger partial charge in [-0.1, -0.05) is 0 Å². The van der Waals surface area contributed by atoms with Crippen molar-refractivity contribution < 1.29 is 19.0 Å². The molecule has 2 fully saturated rings. The molecular formula is C17H21N5O5. The summed E-state index contributed by atoms with van der Waals surface area (Å²) in [5.74, 6) is -0.556. The fourth-order valence-corrected chi connectivity index (χ4v) is 3.62. The van der Waals surface area contributed by atoms with E-state index in [4.69, 9.17) is 14.2 Å². The maximum absolute atomic E-state index is 12.8. The van der Waals surface area contributed by atoms with Crippen LogP contribution in [-0.2, 0) is 25.5 Å². The summed E-state index contributed by atoms with van der Waals surface area (Å²) < 4.78 is 20.7. The van der Waals surface area contributed by atoms with Gasteiger partial charge in [0.2, 0.25) is 5.95 Å². The van der Waals surface area contributed by atoms with E-state index < -0.39 is 30.3 Å². The molecule has 2 aliphatic heterocycles. The molecule has 2 saturated heterocycles. The molecule has 4 atom stereocenters. The Morgan fingerprint density at radius 1 is 1.33 bits per heavy atom. The van der Waals surface area contributed by atoms with Gasteiger partial charge in [0.15, 0.2) is 29.5 Å². The van der Waals surface area contributed by atoms with Gasteiger partial charge in [-0.3, -0.25) is 13.9 Å². The topological polar surface area (TPSA) is 110 Å². The van der Waals surface area contributed by atoms with Gasteiger partial charge in [0.05, 0.1) is 6.33 Å². The fraction of sp³-hybridized carbons (Fsp3) is 0.588. The van der Waals surface area contributed by atoms with Crippen molar-refractivity contribution in [2.75, 3.05) is 0 Å². The summed E-state index contributed by atoms with van der Waals surface area (Å²) >= 11 is 0. The number of ether oxygens (including phenoxy) is 3. The first kappa shape index (κ1) is 18.0. The molecule has 0 bridgehead atoms. The number of hydrogen-bond acceptors (Lipinski definition) is 8. The van der Waals surface area contributed by atoms with Gasteiger partial charge in [0.1, 0.15) is 18.3 Å². The Kier molecular flexibility index (Phi) is 4.21. The van der Waals surface area contributed by atoms with Crippen LogP contribution < -0.4 is 5.56 Å². The molecule has 4 heterocycles. The lowest BCUT2D eigenvalue weighted by molar-refractivity contribution is -0.194. The first-order chi connectivity index (χ1) is 12.9. The SMILES string of the molecule is C/C=N/c1nc2c(ncn2C2OC(C=O)C3OC(C)(C)OC32)c(=O)n1CC. The molecule has 2 aromatic rings. The van der Waals surface area contributed by atoms with Gasteiger partial charge in [-0.05, 0) is 27.7 Å². The van der Waals surface area contributed by atoms with E-state index in [2.05, 4.69) is 15.0 Å². The maximum atomic E-state index is 12.8. The number of nitrogens with zero attached hydrogens (tertiary/aromatic N) is 5. The third-order valence-electron chi connectivity index (χ3n) is 4.70. The van der Waals surface area contributed by atoms with Crippen LogP contribution in [0.3, 0.4) is 0 Å². The average molecular weight is 375 g/mol. The molecule has 0 amide bonds. The monoisotopic (exact) mass is 375 g/mol. The van der Waals surface area contributed by atoms with Crippen LogP contribution in [0, 0.1) is 0 Å². The van der Waals surface area contributed by atoms with Crippen molar-refractivity contribution in [3.8, 4) is 0 Å². The Morgan fingerprint density at radius 2 is 2.07 bits per heavy atom. The predicted octanol–water partition coefficient (Wildman–Crippen LogP) is 0.951. The van der Waals surface area contributed by atoms with Crippen molar-refractivity contribution in [1.29, 1.82) is 0 Å². The third kappa shape index (κ3) is 2.71. The maximum Gasteiger partial charge on any atom is 0.283 e. The van der Waals surface area contributed by atoms with Gasteiger partial charge in [-0.15, -0.1) is 0 Å². The predicted molar refractivity (Wildman–Crippen MR) is 95.1 cm³/mol. The second-order valence-corrected chi connectivity index (χ2v) is 6.86. The minimum absolute atomic E-state index is 0.208. The molecule has 4 rings (SSSR count). The minimum atomic E-state index is -0.838. The standard InChI is InChI=1S/C17H21N5O5/c1-5-18-16-20-13-10(14(24)21(16)6-2)19-8-22(13)15-12-11(9(7-23)25-15)26-17(3,4)27-12/h5,7-9,11-12,15H,6H2,1-4H3/b18-5+. The molecule has 0 spiro atoms. The van der Waals surface area contributed by atoms with E-state index in [9.17, 15) is 9.59 Å².